The standard InChI is InChI=1S/C54H50N4/c55-33-34-5-4-8-44(25-34)48-18-13-45(26-49(48)41-9-14-46(15-10-41)53-27-35-19-36(28-53)21-37(20-35)29-53)52-57-50(42-6-2-1-3-7-42)56-51(58-52)43-11-16-47(17-12-43)54-30-38-22-39(31-54)24-40(23-38)32-54/h1-18,25-26,35-40H,19-24,27-32H2/t35-,36+,37-,38-,39+,40-,53?,54?. The molecule has 5 aromatic carbocycles. The molecule has 0 unspecified atom stereocenters. The smallest absolute Gasteiger partial charge is 0.164 e. The Labute approximate surface area is 342 Å². The van der Waals surface area contributed by atoms with Crippen LogP contribution in [0.5, 0.6) is 0 Å². The number of hydrogen-bond acceptors (Lipinski definition) is 4. The fraction of sp³-hybridized carbons (Fsp3) is 0.370. The van der Waals surface area contributed by atoms with Crippen molar-refractivity contribution in [2.75, 3.05) is 0 Å². The lowest BCUT2D eigenvalue weighted by Gasteiger charge is -2.57. The van der Waals surface area contributed by atoms with Gasteiger partial charge in [-0.05, 0) is 175 Å². The maximum Gasteiger partial charge on any atom is 0.164 e. The van der Waals surface area contributed by atoms with Crippen molar-refractivity contribution in [3.63, 3.8) is 0 Å². The Morgan fingerprint density at radius 2 is 0.828 bits per heavy atom. The molecule has 286 valence electrons. The zero-order valence-corrected chi connectivity index (χ0v) is 33.3. The summed E-state index contributed by atoms with van der Waals surface area (Å²) < 4.78 is 0. The van der Waals surface area contributed by atoms with E-state index in [0.29, 0.717) is 33.9 Å². The fourth-order valence-corrected chi connectivity index (χ4v) is 14.2. The molecular weight excluding hydrogens is 705 g/mol. The average Bonchev–Trinajstić information content (AvgIpc) is 3.25. The van der Waals surface area contributed by atoms with E-state index in [1.807, 2.05) is 36.4 Å². The molecule has 8 aliphatic carbocycles. The van der Waals surface area contributed by atoms with Crippen molar-refractivity contribution in [3.05, 3.63) is 138 Å². The van der Waals surface area contributed by atoms with Crippen LogP contribution in [0.1, 0.15) is 93.7 Å². The van der Waals surface area contributed by atoms with E-state index in [9.17, 15) is 5.26 Å². The first-order chi connectivity index (χ1) is 28.5. The second-order valence-corrected chi connectivity index (χ2v) is 19.7. The highest BCUT2D eigenvalue weighted by Crippen LogP contribution is 2.62. The number of hydrogen-bond donors (Lipinski definition) is 0. The first kappa shape index (κ1) is 34.6. The maximum atomic E-state index is 9.83. The molecule has 8 bridgehead atoms. The van der Waals surface area contributed by atoms with Crippen molar-refractivity contribution in [2.45, 2.75) is 87.9 Å². The maximum absolute atomic E-state index is 9.83. The molecule has 0 saturated heterocycles. The first-order valence-corrected chi connectivity index (χ1v) is 22.1. The average molecular weight is 755 g/mol. The summed E-state index contributed by atoms with van der Waals surface area (Å²) in [5.74, 6) is 7.51. The molecule has 0 atom stereocenters. The van der Waals surface area contributed by atoms with Gasteiger partial charge in [-0.2, -0.15) is 5.26 Å². The van der Waals surface area contributed by atoms with Gasteiger partial charge in [-0.25, -0.2) is 15.0 Å². The molecule has 4 nitrogen and oxygen atoms in total. The summed E-state index contributed by atoms with van der Waals surface area (Å²) in [6, 6.07) is 46.1. The van der Waals surface area contributed by atoms with Gasteiger partial charge in [-0.1, -0.05) is 103 Å². The summed E-state index contributed by atoms with van der Waals surface area (Å²) in [5.41, 5.74) is 11.8. The molecule has 0 spiro atoms. The molecular formula is C54H50N4. The molecule has 8 fully saturated rings. The van der Waals surface area contributed by atoms with Gasteiger partial charge in [-0.3, -0.25) is 0 Å². The zero-order valence-electron chi connectivity index (χ0n) is 33.3. The van der Waals surface area contributed by atoms with E-state index < -0.39 is 0 Å². The van der Waals surface area contributed by atoms with E-state index in [-0.39, 0.29) is 0 Å². The summed E-state index contributed by atoms with van der Waals surface area (Å²) in [4.78, 5) is 15.5. The Kier molecular flexibility index (Phi) is 7.95. The molecule has 1 aromatic heterocycles. The third kappa shape index (κ3) is 5.87. The second kappa shape index (κ2) is 13.3. The normalized spacial score (nSPS) is 30.1. The Morgan fingerprint density at radius 3 is 1.33 bits per heavy atom. The SMILES string of the molecule is N#Cc1cccc(-c2ccc(-c3nc(-c4ccccc4)nc(-c4ccc(C56C[C@H]7C[C@@H](C5)C[C@@H](C6)C7)cc4)n3)cc2-c2ccc(C34C[C@H]5C[C@@H](C3)C[C@@H](C4)C5)cc2)c1. The molecule has 0 aliphatic heterocycles. The predicted molar refractivity (Wildman–Crippen MR) is 231 cm³/mol. The summed E-state index contributed by atoms with van der Waals surface area (Å²) in [6.07, 6.45) is 16.9. The molecule has 14 rings (SSSR count). The van der Waals surface area contributed by atoms with Crippen molar-refractivity contribution < 1.29 is 0 Å². The summed E-state index contributed by atoms with van der Waals surface area (Å²) in [6.45, 7) is 0. The van der Waals surface area contributed by atoms with E-state index in [1.165, 1.54) is 93.7 Å². The summed E-state index contributed by atoms with van der Waals surface area (Å²) in [7, 11) is 0. The van der Waals surface area contributed by atoms with Gasteiger partial charge in [-0.15, -0.1) is 0 Å². The van der Waals surface area contributed by atoms with Crippen molar-refractivity contribution in [1.29, 1.82) is 5.26 Å². The number of rotatable bonds is 7. The van der Waals surface area contributed by atoms with Crippen LogP contribution in [0, 0.1) is 46.8 Å². The molecule has 0 amide bonds. The number of nitrogens with zero attached hydrogens (tertiary/aromatic N) is 4. The lowest BCUT2D eigenvalue weighted by atomic mass is 9.48. The van der Waals surface area contributed by atoms with Crippen molar-refractivity contribution >= 4 is 0 Å². The Balaban J connectivity index is 0.947. The molecule has 58 heavy (non-hydrogen) atoms. The van der Waals surface area contributed by atoms with Crippen LogP contribution in [0.4, 0.5) is 0 Å². The number of aromatic nitrogens is 3. The van der Waals surface area contributed by atoms with Crippen molar-refractivity contribution in [2.24, 2.45) is 35.5 Å². The Morgan fingerprint density at radius 1 is 0.397 bits per heavy atom. The van der Waals surface area contributed by atoms with E-state index in [4.69, 9.17) is 15.0 Å². The van der Waals surface area contributed by atoms with Gasteiger partial charge in [0.1, 0.15) is 0 Å². The molecule has 8 aliphatic rings. The largest absolute Gasteiger partial charge is 0.208 e. The zero-order chi connectivity index (χ0) is 38.4. The Bertz CT molecular complexity index is 2510. The van der Waals surface area contributed by atoms with Crippen molar-refractivity contribution in [3.8, 4) is 62.5 Å². The van der Waals surface area contributed by atoms with Crippen LogP contribution in [0.3, 0.4) is 0 Å². The monoisotopic (exact) mass is 754 g/mol. The number of benzene rings is 5. The second-order valence-electron chi connectivity index (χ2n) is 19.7. The van der Waals surface area contributed by atoms with Gasteiger partial charge >= 0.3 is 0 Å². The minimum Gasteiger partial charge on any atom is -0.208 e. The van der Waals surface area contributed by atoms with Crippen LogP contribution < -0.4 is 0 Å². The molecule has 4 heteroatoms. The molecule has 0 radical (unpaired) electrons. The first-order valence-electron chi connectivity index (χ1n) is 22.1. The van der Waals surface area contributed by atoms with Crippen LogP contribution in [0.2, 0.25) is 0 Å². The lowest BCUT2D eigenvalue weighted by Crippen LogP contribution is -2.48. The van der Waals surface area contributed by atoms with Crippen LogP contribution in [-0.2, 0) is 10.8 Å². The molecule has 0 N–H and O–H groups in total. The third-order valence-electron chi connectivity index (χ3n) is 15.9. The van der Waals surface area contributed by atoms with E-state index in [1.54, 1.807) is 0 Å². The minimum atomic E-state index is 0.349. The third-order valence-corrected chi connectivity index (χ3v) is 15.9. The molecule has 8 saturated carbocycles. The van der Waals surface area contributed by atoms with Gasteiger partial charge in [0.25, 0.3) is 0 Å². The van der Waals surface area contributed by atoms with Crippen molar-refractivity contribution in [1.82, 2.24) is 15.0 Å². The van der Waals surface area contributed by atoms with E-state index in [0.717, 1.165) is 68.9 Å². The molecule has 6 aromatic rings. The van der Waals surface area contributed by atoms with E-state index in [2.05, 4.69) is 91.0 Å². The van der Waals surface area contributed by atoms with Crippen LogP contribution in [-0.4, -0.2) is 15.0 Å². The quantitative estimate of drug-likeness (QED) is 0.163. The highest BCUT2D eigenvalue weighted by molar-refractivity contribution is 5.87. The highest BCUT2D eigenvalue weighted by Gasteiger charge is 2.52. The topological polar surface area (TPSA) is 62.5 Å². The van der Waals surface area contributed by atoms with Gasteiger partial charge in [0.2, 0.25) is 0 Å². The minimum absolute atomic E-state index is 0.349. The fourth-order valence-electron chi connectivity index (χ4n) is 14.2. The highest BCUT2D eigenvalue weighted by atomic mass is 15.0. The van der Waals surface area contributed by atoms with Crippen LogP contribution >= 0.6 is 0 Å². The number of nitriles is 1. The lowest BCUT2D eigenvalue weighted by molar-refractivity contribution is -0.00530. The predicted octanol–water partition coefficient (Wildman–Crippen LogP) is 13.0. The molecule has 1 heterocycles. The van der Waals surface area contributed by atoms with Gasteiger partial charge in [0.05, 0.1) is 11.6 Å². The van der Waals surface area contributed by atoms with Crippen LogP contribution in [0.25, 0.3) is 56.4 Å². The summed E-state index contributed by atoms with van der Waals surface area (Å²) in [5, 5.41) is 9.83. The van der Waals surface area contributed by atoms with Gasteiger partial charge in [0, 0.05) is 16.7 Å². The van der Waals surface area contributed by atoms with Gasteiger partial charge in [0.15, 0.2) is 17.5 Å². The van der Waals surface area contributed by atoms with Crippen LogP contribution in [0.15, 0.2) is 121 Å². The van der Waals surface area contributed by atoms with Gasteiger partial charge < -0.3 is 0 Å². The Hall–Kier alpha value is -5.40. The summed E-state index contributed by atoms with van der Waals surface area (Å²) >= 11 is 0. The van der Waals surface area contributed by atoms with E-state index >= 15 is 0 Å².